The van der Waals surface area contributed by atoms with E-state index in [0.29, 0.717) is 18.4 Å². The molecule has 5 rings (SSSR count). The maximum absolute atomic E-state index is 12.9. The minimum Gasteiger partial charge on any atom is -0.377 e. The molecule has 0 fully saturated rings. The lowest BCUT2D eigenvalue weighted by Gasteiger charge is -2.38. The van der Waals surface area contributed by atoms with Gasteiger partial charge in [0, 0.05) is 12.5 Å². The quantitative estimate of drug-likeness (QED) is 0.559. The van der Waals surface area contributed by atoms with Gasteiger partial charge in [-0.05, 0) is 46.7 Å². The third-order valence-corrected chi connectivity index (χ3v) is 6.34. The molecule has 0 saturated carbocycles. The van der Waals surface area contributed by atoms with E-state index in [-0.39, 0.29) is 11.9 Å². The van der Waals surface area contributed by atoms with E-state index < -0.39 is 0 Å². The van der Waals surface area contributed by atoms with Gasteiger partial charge in [-0.1, -0.05) is 73.7 Å². The summed E-state index contributed by atoms with van der Waals surface area (Å²) in [6.07, 6.45) is 6.61. The first kappa shape index (κ1) is 18.0. The number of anilines is 1. The second-order valence-electron chi connectivity index (χ2n) is 8.07. The van der Waals surface area contributed by atoms with Crippen LogP contribution in [0.5, 0.6) is 0 Å². The van der Waals surface area contributed by atoms with E-state index >= 15 is 0 Å². The first-order valence-corrected chi connectivity index (χ1v) is 10.6. The number of carbonyl (C=O) groups excluding carboxylic acids is 1. The van der Waals surface area contributed by atoms with Crippen molar-refractivity contribution in [3.05, 3.63) is 89.5 Å². The van der Waals surface area contributed by atoms with E-state index in [1.807, 2.05) is 12.1 Å². The van der Waals surface area contributed by atoms with Crippen LogP contribution in [0.25, 0.3) is 10.8 Å². The van der Waals surface area contributed by atoms with E-state index in [1.165, 1.54) is 21.9 Å². The summed E-state index contributed by atoms with van der Waals surface area (Å²) < 4.78 is 0. The van der Waals surface area contributed by atoms with Crippen LogP contribution in [0.4, 0.5) is 5.69 Å². The Bertz CT molecular complexity index is 1100. The molecule has 0 bridgehead atoms. The number of fused-ring (bicyclic) bond motifs is 4. The molecule has 1 amide bonds. The molecule has 2 N–H and O–H groups in total. The highest BCUT2D eigenvalue weighted by Crippen LogP contribution is 2.51. The molecule has 3 nitrogen and oxygen atoms in total. The molecule has 2 aliphatic rings. The molecule has 3 aromatic rings. The topological polar surface area (TPSA) is 41.1 Å². The number of nitrogens with one attached hydrogen (secondary N) is 2. The minimum atomic E-state index is 0.00768. The molecular weight excluding hydrogens is 356 g/mol. The van der Waals surface area contributed by atoms with Crippen LogP contribution < -0.4 is 10.6 Å². The van der Waals surface area contributed by atoms with Gasteiger partial charge in [0.05, 0.1) is 17.3 Å². The molecule has 1 aliphatic carbocycles. The number of amides is 1. The van der Waals surface area contributed by atoms with Gasteiger partial charge < -0.3 is 10.6 Å². The van der Waals surface area contributed by atoms with Crippen LogP contribution in [0.2, 0.25) is 0 Å². The van der Waals surface area contributed by atoms with E-state index in [2.05, 4.69) is 78.2 Å². The van der Waals surface area contributed by atoms with Gasteiger partial charge in [0.1, 0.15) is 0 Å². The molecule has 3 heteroatoms. The molecule has 0 aromatic heterocycles. The average molecular weight is 383 g/mol. The Hall–Kier alpha value is -3.07. The van der Waals surface area contributed by atoms with Gasteiger partial charge in [-0.2, -0.15) is 0 Å². The molecule has 0 saturated heterocycles. The maximum Gasteiger partial charge on any atom is 0.253 e. The summed E-state index contributed by atoms with van der Waals surface area (Å²) in [5.74, 6) is 0.810. The van der Waals surface area contributed by atoms with Crippen LogP contribution >= 0.6 is 0 Å². The van der Waals surface area contributed by atoms with E-state index in [0.717, 1.165) is 24.1 Å². The molecule has 0 radical (unpaired) electrons. The Balaban J connectivity index is 1.62. The van der Waals surface area contributed by atoms with Crippen molar-refractivity contribution in [3.8, 4) is 0 Å². The van der Waals surface area contributed by atoms with Gasteiger partial charge in [-0.25, -0.2) is 0 Å². The number of benzene rings is 3. The highest BCUT2D eigenvalue weighted by molar-refractivity contribution is 6.01. The fourth-order valence-electron chi connectivity index (χ4n) is 4.97. The van der Waals surface area contributed by atoms with Crippen molar-refractivity contribution in [3.63, 3.8) is 0 Å². The summed E-state index contributed by atoms with van der Waals surface area (Å²) in [6.45, 7) is 2.77. The van der Waals surface area contributed by atoms with Crippen molar-refractivity contribution in [2.24, 2.45) is 5.92 Å². The first-order chi connectivity index (χ1) is 14.3. The molecule has 1 aliphatic heterocycles. The SMILES string of the molecule is CCCNC(=O)c1cccc2c1NC(c1cccc3ccccc13)C1CC=CC21. The van der Waals surface area contributed by atoms with Gasteiger partial charge in [-0.15, -0.1) is 0 Å². The van der Waals surface area contributed by atoms with E-state index in [9.17, 15) is 4.79 Å². The lowest BCUT2D eigenvalue weighted by atomic mass is 9.75. The third-order valence-electron chi connectivity index (χ3n) is 6.34. The van der Waals surface area contributed by atoms with Crippen molar-refractivity contribution < 1.29 is 4.79 Å². The summed E-state index contributed by atoms with van der Waals surface area (Å²) in [4.78, 5) is 12.9. The van der Waals surface area contributed by atoms with Crippen molar-refractivity contribution in [2.75, 3.05) is 11.9 Å². The molecule has 146 valence electrons. The Labute approximate surface area is 171 Å². The number of hydrogen-bond donors (Lipinski definition) is 2. The predicted molar refractivity (Wildman–Crippen MR) is 119 cm³/mol. The van der Waals surface area contributed by atoms with Gasteiger partial charge in [0.2, 0.25) is 0 Å². The molecule has 3 atom stereocenters. The maximum atomic E-state index is 12.9. The zero-order chi connectivity index (χ0) is 19.8. The number of rotatable bonds is 4. The standard InChI is InChI=1S/C26H26N2O/c1-2-16-27-26(29)23-15-7-14-22-19-11-6-13-21(19)24(28-25(22)23)20-12-5-9-17-8-3-4-10-18(17)20/h3-12,14-15,19,21,24,28H,2,13,16H2,1H3,(H,27,29). The van der Waals surface area contributed by atoms with Crippen molar-refractivity contribution in [1.29, 1.82) is 0 Å². The molecule has 0 spiro atoms. The summed E-state index contributed by atoms with van der Waals surface area (Å²) in [7, 11) is 0. The molecule has 29 heavy (non-hydrogen) atoms. The fraction of sp³-hybridized carbons (Fsp3) is 0.269. The van der Waals surface area contributed by atoms with Crippen LogP contribution in [-0.2, 0) is 0 Å². The average Bonchev–Trinajstić information content (AvgIpc) is 3.26. The molecule has 1 heterocycles. The largest absolute Gasteiger partial charge is 0.377 e. The summed E-state index contributed by atoms with van der Waals surface area (Å²) in [5, 5.41) is 9.39. The van der Waals surface area contributed by atoms with Gasteiger partial charge >= 0.3 is 0 Å². The predicted octanol–water partition coefficient (Wildman–Crippen LogP) is 5.81. The van der Waals surface area contributed by atoms with Crippen LogP contribution in [0.15, 0.2) is 72.8 Å². The van der Waals surface area contributed by atoms with Crippen LogP contribution in [0.3, 0.4) is 0 Å². The number of allylic oxidation sites excluding steroid dienone is 2. The van der Waals surface area contributed by atoms with Crippen molar-refractivity contribution in [2.45, 2.75) is 31.7 Å². The summed E-state index contributed by atoms with van der Waals surface area (Å²) >= 11 is 0. The highest BCUT2D eigenvalue weighted by Gasteiger charge is 2.39. The van der Waals surface area contributed by atoms with Crippen molar-refractivity contribution in [1.82, 2.24) is 5.32 Å². The number of para-hydroxylation sites is 1. The van der Waals surface area contributed by atoms with E-state index in [1.54, 1.807) is 0 Å². The van der Waals surface area contributed by atoms with Gasteiger partial charge in [0.15, 0.2) is 0 Å². The first-order valence-electron chi connectivity index (χ1n) is 10.6. The minimum absolute atomic E-state index is 0.00768. The third kappa shape index (κ3) is 3.02. The lowest BCUT2D eigenvalue weighted by Crippen LogP contribution is -2.32. The van der Waals surface area contributed by atoms with Crippen LogP contribution in [-0.4, -0.2) is 12.5 Å². The highest BCUT2D eigenvalue weighted by atomic mass is 16.1. The zero-order valence-electron chi connectivity index (χ0n) is 16.7. The van der Waals surface area contributed by atoms with E-state index in [4.69, 9.17) is 0 Å². The second kappa shape index (κ2) is 7.40. The Morgan fingerprint density at radius 2 is 1.83 bits per heavy atom. The number of carbonyl (C=O) groups is 1. The number of hydrogen-bond acceptors (Lipinski definition) is 2. The van der Waals surface area contributed by atoms with Crippen LogP contribution in [0, 0.1) is 5.92 Å². The Morgan fingerprint density at radius 3 is 2.72 bits per heavy atom. The fourth-order valence-corrected chi connectivity index (χ4v) is 4.97. The Morgan fingerprint density at radius 1 is 1.03 bits per heavy atom. The normalized spacial score (nSPS) is 22.0. The molecule has 3 unspecified atom stereocenters. The van der Waals surface area contributed by atoms with Gasteiger partial charge in [0.25, 0.3) is 5.91 Å². The lowest BCUT2D eigenvalue weighted by molar-refractivity contribution is 0.0954. The Kier molecular flexibility index (Phi) is 4.59. The summed E-state index contributed by atoms with van der Waals surface area (Å²) in [6, 6.07) is 21.4. The molecule has 3 aromatic carbocycles. The zero-order valence-corrected chi connectivity index (χ0v) is 16.7. The molecular formula is C26H26N2O. The summed E-state index contributed by atoms with van der Waals surface area (Å²) in [5.41, 5.74) is 4.30. The van der Waals surface area contributed by atoms with Crippen molar-refractivity contribution >= 4 is 22.4 Å². The van der Waals surface area contributed by atoms with Crippen LogP contribution in [0.1, 0.15) is 53.2 Å². The monoisotopic (exact) mass is 382 g/mol. The second-order valence-corrected chi connectivity index (χ2v) is 8.07. The van der Waals surface area contributed by atoms with Gasteiger partial charge in [-0.3, -0.25) is 4.79 Å². The smallest absolute Gasteiger partial charge is 0.253 e.